The zero-order chi connectivity index (χ0) is 10.6. The molecule has 0 saturated heterocycles. The van der Waals surface area contributed by atoms with Crippen LogP contribution in [0.25, 0.3) is 0 Å². The maximum absolute atomic E-state index is 10.7. The third-order valence-electron chi connectivity index (χ3n) is 2.58. The van der Waals surface area contributed by atoms with Gasteiger partial charge in [-0.2, -0.15) is 0 Å². The smallest absolute Gasteiger partial charge is 0.217 e. The number of rotatable bonds is 4. The van der Waals surface area contributed by atoms with Crippen molar-refractivity contribution in [2.24, 2.45) is 0 Å². The summed E-state index contributed by atoms with van der Waals surface area (Å²) in [6.45, 7) is 3.65. The molecule has 14 heavy (non-hydrogen) atoms. The fourth-order valence-electron chi connectivity index (χ4n) is 1.70. The maximum Gasteiger partial charge on any atom is 0.217 e. The first-order valence-corrected chi connectivity index (χ1v) is 4.85. The second-order valence-corrected chi connectivity index (χ2v) is 3.45. The number of hydrogen-bond donors (Lipinski definition) is 0. The number of nitrogens with zero attached hydrogens (tertiary/aromatic N) is 1. The molecule has 1 aromatic carbocycles. The lowest BCUT2D eigenvalue weighted by Crippen LogP contribution is -2.23. The minimum Gasteiger partial charge on any atom is -0.264 e. The first-order valence-electron chi connectivity index (χ1n) is 4.85. The second-order valence-electron chi connectivity index (χ2n) is 3.45. The minimum absolute atomic E-state index is 0.0196. The Kier molecular flexibility index (Phi) is 3.63. The van der Waals surface area contributed by atoms with E-state index >= 15 is 0 Å². The molecule has 2 atom stereocenters. The third-order valence-corrected chi connectivity index (χ3v) is 2.58. The van der Waals surface area contributed by atoms with Crippen LogP contribution in [0.1, 0.15) is 31.7 Å². The molecule has 0 heterocycles. The predicted molar refractivity (Wildman–Crippen MR) is 55.9 cm³/mol. The molecular weight excluding hydrogens is 178 g/mol. The molecule has 0 aliphatic heterocycles. The van der Waals surface area contributed by atoms with Gasteiger partial charge in [-0.25, -0.2) is 0 Å². The molecule has 0 saturated carbocycles. The molecule has 76 valence electrons. The molecular formula is C11H15NO2. The van der Waals surface area contributed by atoms with Crippen LogP contribution in [-0.4, -0.2) is 11.0 Å². The Bertz CT molecular complexity index is 297. The van der Waals surface area contributed by atoms with Crippen LogP contribution in [0.15, 0.2) is 30.3 Å². The van der Waals surface area contributed by atoms with E-state index < -0.39 is 6.04 Å². The van der Waals surface area contributed by atoms with Crippen LogP contribution in [0.3, 0.4) is 0 Å². The van der Waals surface area contributed by atoms with Crippen molar-refractivity contribution in [2.75, 3.05) is 0 Å². The van der Waals surface area contributed by atoms with E-state index in [9.17, 15) is 10.1 Å². The molecule has 0 spiro atoms. The maximum atomic E-state index is 10.7. The highest BCUT2D eigenvalue weighted by Gasteiger charge is 2.25. The van der Waals surface area contributed by atoms with Crippen molar-refractivity contribution in [1.29, 1.82) is 0 Å². The summed E-state index contributed by atoms with van der Waals surface area (Å²) in [5, 5.41) is 10.7. The molecule has 3 heteroatoms. The predicted octanol–water partition coefficient (Wildman–Crippen LogP) is 2.85. The van der Waals surface area contributed by atoms with Gasteiger partial charge >= 0.3 is 0 Å². The van der Waals surface area contributed by atoms with Gasteiger partial charge in [-0.15, -0.1) is 0 Å². The Morgan fingerprint density at radius 3 is 2.36 bits per heavy atom. The Morgan fingerprint density at radius 1 is 1.36 bits per heavy atom. The summed E-state index contributed by atoms with van der Waals surface area (Å²) in [5.41, 5.74) is 1.05. The van der Waals surface area contributed by atoms with Gasteiger partial charge in [0.1, 0.15) is 0 Å². The lowest BCUT2D eigenvalue weighted by Gasteiger charge is -2.16. The van der Waals surface area contributed by atoms with E-state index in [0.717, 1.165) is 12.0 Å². The molecule has 0 aliphatic rings. The Hall–Kier alpha value is -1.38. The van der Waals surface area contributed by atoms with Crippen molar-refractivity contribution in [3.05, 3.63) is 46.0 Å². The van der Waals surface area contributed by atoms with Gasteiger partial charge in [-0.1, -0.05) is 37.3 Å². The van der Waals surface area contributed by atoms with Crippen LogP contribution in [0.5, 0.6) is 0 Å². The number of nitro groups is 1. The van der Waals surface area contributed by atoms with Gasteiger partial charge in [0.2, 0.25) is 6.04 Å². The number of benzene rings is 1. The van der Waals surface area contributed by atoms with Gasteiger partial charge in [-0.05, 0) is 12.0 Å². The van der Waals surface area contributed by atoms with Crippen LogP contribution in [0.2, 0.25) is 0 Å². The van der Waals surface area contributed by atoms with E-state index in [2.05, 4.69) is 0 Å². The summed E-state index contributed by atoms with van der Waals surface area (Å²) < 4.78 is 0. The van der Waals surface area contributed by atoms with E-state index in [1.54, 1.807) is 6.92 Å². The Labute approximate surface area is 83.9 Å². The van der Waals surface area contributed by atoms with E-state index in [-0.39, 0.29) is 10.8 Å². The fraction of sp³-hybridized carbons (Fsp3) is 0.455. The van der Waals surface area contributed by atoms with E-state index in [0.29, 0.717) is 0 Å². The van der Waals surface area contributed by atoms with Crippen LogP contribution < -0.4 is 0 Å². The van der Waals surface area contributed by atoms with Gasteiger partial charge in [-0.3, -0.25) is 10.1 Å². The average Bonchev–Trinajstić information content (AvgIpc) is 2.20. The fourth-order valence-corrected chi connectivity index (χ4v) is 1.70. The quantitative estimate of drug-likeness (QED) is 0.545. The molecule has 0 amide bonds. The molecule has 0 bridgehead atoms. The Morgan fingerprint density at radius 2 is 1.93 bits per heavy atom. The summed E-state index contributed by atoms with van der Waals surface area (Å²) in [6.07, 6.45) is 0.798. The summed E-state index contributed by atoms with van der Waals surface area (Å²) in [5.74, 6) is 0.0196. The number of hydrogen-bond acceptors (Lipinski definition) is 2. The van der Waals surface area contributed by atoms with Gasteiger partial charge in [0.15, 0.2) is 0 Å². The van der Waals surface area contributed by atoms with Crippen molar-refractivity contribution in [3.63, 3.8) is 0 Å². The average molecular weight is 193 g/mol. The zero-order valence-corrected chi connectivity index (χ0v) is 8.51. The zero-order valence-electron chi connectivity index (χ0n) is 8.51. The lowest BCUT2D eigenvalue weighted by atomic mass is 9.90. The lowest BCUT2D eigenvalue weighted by molar-refractivity contribution is -0.522. The first-order chi connectivity index (χ1) is 6.66. The van der Waals surface area contributed by atoms with Crippen LogP contribution in [0, 0.1) is 10.1 Å². The first kappa shape index (κ1) is 10.7. The molecule has 0 radical (unpaired) electrons. The highest BCUT2D eigenvalue weighted by atomic mass is 16.6. The van der Waals surface area contributed by atoms with Gasteiger partial charge in [0.05, 0.1) is 5.92 Å². The molecule has 0 N–H and O–H groups in total. The SMILES string of the molecule is CCC(c1ccccc1)C(C)[N+](=O)[O-]. The third kappa shape index (κ3) is 2.31. The second kappa shape index (κ2) is 4.74. The topological polar surface area (TPSA) is 43.1 Å². The standard InChI is InChI=1S/C11H15NO2/c1-3-11(9(2)12(13)14)10-7-5-4-6-8-10/h4-9,11H,3H2,1-2H3. The monoisotopic (exact) mass is 193 g/mol. The van der Waals surface area contributed by atoms with Crippen LogP contribution >= 0.6 is 0 Å². The molecule has 1 aromatic rings. The van der Waals surface area contributed by atoms with Crippen molar-refractivity contribution in [2.45, 2.75) is 32.2 Å². The molecule has 0 fully saturated rings. The van der Waals surface area contributed by atoms with E-state index in [1.807, 2.05) is 37.3 Å². The van der Waals surface area contributed by atoms with Gasteiger partial charge < -0.3 is 0 Å². The highest BCUT2D eigenvalue weighted by Crippen LogP contribution is 2.24. The minimum atomic E-state index is -0.512. The van der Waals surface area contributed by atoms with Gasteiger partial charge in [0.25, 0.3) is 0 Å². The summed E-state index contributed by atoms with van der Waals surface area (Å²) in [4.78, 5) is 10.5. The molecule has 0 aromatic heterocycles. The van der Waals surface area contributed by atoms with Crippen molar-refractivity contribution in [1.82, 2.24) is 0 Å². The summed E-state index contributed by atoms with van der Waals surface area (Å²) >= 11 is 0. The normalized spacial score (nSPS) is 14.7. The molecule has 2 unspecified atom stereocenters. The highest BCUT2D eigenvalue weighted by molar-refractivity contribution is 5.20. The van der Waals surface area contributed by atoms with E-state index in [4.69, 9.17) is 0 Å². The van der Waals surface area contributed by atoms with Gasteiger partial charge in [0, 0.05) is 11.8 Å². The summed E-state index contributed by atoms with van der Waals surface area (Å²) in [7, 11) is 0. The van der Waals surface area contributed by atoms with Crippen molar-refractivity contribution in [3.8, 4) is 0 Å². The Balaban J connectivity index is 2.87. The largest absolute Gasteiger partial charge is 0.264 e. The molecule has 3 nitrogen and oxygen atoms in total. The van der Waals surface area contributed by atoms with Crippen LogP contribution in [0.4, 0.5) is 0 Å². The van der Waals surface area contributed by atoms with Crippen molar-refractivity contribution < 1.29 is 4.92 Å². The van der Waals surface area contributed by atoms with Crippen LogP contribution in [-0.2, 0) is 0 Å². The molecule has 0 aliphatic carbocycles. The molecule has 1 rings (SSSR count). The van der Waals surface area contributed by atoms with Crippen molar-refractivity contribution >= 4 is 0 Å². The summed E-state index contributed by atoms with van der Waals surface area (Å²) in [6, 6.07) is 9.16. The van der Waals surface area contributed by atoms with E-state index in [1.165, 1.54) is 0 Å².